The van der Waals surface area contributed by atoms with Gasteiger partial charge in [0.15, 0.2) is 5.69 Å². The normalized spacial score (nSPS) is 11.0. The van der Waals surface area contributed by atoms with Gasteiger partial charge in [-0.3, -0.25) is 19.0 Å². The summed E-state index contributed by atoms with van der Waals surface area (Å²) in [6.07, 6.45) is 0. The van der Waals surface area contributed by atoms with Crippen LogP contribution in [0, 0.1) is 20.8 Å². The molecule has 0 fully saturated rings. The molecule has 0 atom stereocenters. The van der Waals surface area contributed by atoms with Crippen molar-refractivity contribution < 1.29 is 4.79 Å². The van der Waals surface area contributed by atoms with Gasteiger partial charge in [-0.05, 0) is 39.0 Å². The molecular formula is C18H21N5O2. The van der Waals surface area contributed by atoms with Crippen molar-refractivity contribution in [1.29, 1.82) is 0 Å². The summed E-state index contributed by atoms with van der Waals surface area (Å²) in [6, 6.07) is 7.51. The van der Waals surface area contributed by atoms with Crippen LogP contribution in [0.4, 0.5) is 0 Å². The van der Waals surface area contributed by atoms with E-state index >= 15 is 0 Å². The van der Waals surface area contributed by atoms with Crippen LogP contribution in [0.3, 0.4) is 0 Å². The predicted octanol–water partition coefficient (Wildman–Crippen LogP) is 1.49. The monoisotopic (exact) mass is 339 g/mol. The standard InChI is InChI=1S/C18H21N5O2/c1-11-5-6-15-14(9-11)17(24)16(21-22(15)4)18(25)19-7-8-23-13(3)10-12(2)20-23/h5-6,9-10H,7-8H2,1-4H3,(H,19,25). The molecule has 130 valence electrons. The minimum atomic E-state index is -0.467. The fraction of sp³-hybridized carbons (Fsp3) is 0.333. The summed E-state index contributed by atoms with van der Waals surface area (Å²) in [5.74, 6) is -0.467. The van der Waals surface area contributed by atoms with Crippen molar-refractivity contribution in [1.82, 2.24) is 24.9 Å². The molecular weight excluding hydrogens is 318 g/mol. The molecule has 3 aromatic rings. The van der Waals surface area contributed by atoms with Gasteiger partial charge in [0.2, 0.25) is 5.43 Å². The van der Waals surface area contributed by atoms with Gasteiger partial charge in [0, 0.05) is 19.3 Å². The summed E-state index contributed by atoms with van der Waals surface area (Å²) in [5, 5.41) is 11.8. The Hall–Kier alpha value is -2.96. The highest BCUT2D eigenvalue weighted by Crippen LogP contribution is 2.11. The molecule has 7 heteroatoms. The van der Waals surface area contributed by atoms with Gasteiger partial charge in [-0.25, -0.2) is 0 Å². The summed E-state index contributed by atoms with van der Waals surface area (Å²) in [5.41, 5.74) is 3.20. The maximum atomic E-state index is 12.6. The molecule has 0 radical (unpaired) electrons. The molecule has 1 amide bonds. The Morgan fingerprint density at radius 1 is 1.16 bits per heavy atom. The molecule has 1 aromatic carbocycles. The number of amides is 1. The maximum absolute atomic E-state index is 12.6. The second kappa shape index (κ2) is 6.51. The molecule has 2 aromatic heterocycles. The third-order valence-corrected chi connectivity index (χ3v) is 4.14. The maximum Gasteiger partial charge on any atom is 0.275 e. The summed E-state index contributed by atoms with van der Waals surface area (Å²) in [7, 11) is 1.73. The first kappa shape index (κ1) is 16.9. The Morgan fingerprint density at radius 3 is 2.60 bits per heavy atom. The van der Waals surface area contributed by atoms with Crippen LogP contribution in [0.15, 0.2) is 29.1 Å². The number of aromatic nitrogens is 4. The first-order valence-corrected chi connectivity index (χ1v) is 8.14. The summed E-state index contributed by atoms with van der Waals surface area (Å²) in [4.78, 5) is 25.0. The molecule has 25 heavy (non-hydrogen) atoms. The largest absolute Gasteiger partial charge is 0.349 e. The SMILES string of the molecule is Cc1ccc2c(c1)c(=O)c(C(=O)NCCn1nc(C)cc1C)nn2C. The van der Waals surface area contributed by atoms with Crippen LogP contribution < -0.4 is 10.7 Å². The lowest BCUT2D eigenvalue weighted by molar-refractivity contribution is 0.0944. The zero-order valence-corrected chi connectivity index (χ0v) is 14.8. The van der Waals surface area contributed by atoms with E-state index < -0.39 is 5.91 Å². The van der Waals surface area contributed by atoms with E-state index in [4.69, 9.17) is 0 Å². The van der Waals surface area contributed by atoms with E-state index in [0.717, 1.165) is 17.0 Å². The molecule has 2 heterocycles. The first-order valence-electron chi connectivity index (χ1n) is 8.14. The van der Waals surface area contributed by atoms with Crippen LogP contribution >= 0.6 is 0 Å². The number of carbonyl (C=O) groups excluding carboxylic acids is 1. The van der Waals surface area contributed by atoms with E-state index in [1.165, 1.54) is 0 Å². The van der Waals surface area contributed by atoms with Gasteiger partial charge >= 0.3 is 0 Å². The van der Waals surface area contributed by atoms with Gasteiger partial charge in [0.25, 0.3) is 5.91 Å². The summed E-state index contributed by atoms with van der Waals surface area (Å²) < 4.78 is 3.39. The molecule has 3 rings (SSSR count). The average Bonchev–Trinajstić information content (AvgIpc) is 2.88. The smallest absolute Gasteiger partial charge is 0.275 e. The fourth-order valence-electron chi connectivity index (χ4n) is 2.90. The van der Waals surface area contributed by atoms with Gasteiger partial charge in [0.05, 0.1) is 23.1 Å². The Morgan fingerprint density at radius 2 is 1.92 bits per heavy atom. The van der Waals surface area contributed by atoms with Gasteiger partial charge in [-0.2, -0.15) is 10.2 Å². The number of carbonyl (C=O) groups is 1. The van der Waals surface area contributed by atoms with E-state index in [1.807, 2.05) is 43.7 Å². The van der Waals surface area contributed by atoms with Gasteiger partial charge in [-0.1, -0.05) is 11.6 Å². The lowest BCUT2D eigenvalue weighted by atomic mass is 10.1. The highest BCUT2D eigenvalue weighted by Gasteiger charge is 2.16. The van der Waals surface area contributed by atoms with Crippen molar-refractivity contribution >= 4 is 16.8 Å². The number of nitrogens with zero attached hydrogens (tertiary/aromatic N) is 4. The molecule has 0 aliphatic carbocycles. The summed E-state index contributed by atoms with van der Waals surface area (Å²) >= 11 is 0. The molecule has 7 nitrogen and oxygen atoms in total. The highest BCUT2D eigenvalue weighted by atomic mass is 16.2. The second-order valence-corrected chi connectivity index (χ2v) is 6.23. The molecule has 0 aliphatic heterocycles. The number of hydrogen-bond donors (Lipinski definition) is 1. The van der Waals surface area contributed by atoms with Crippen molar-refractivity contribution in [3.8, 4) is 0 Å². The van der Waals surface area contributed by atoms with Gasteiger partial charge in [0.1, 0.15) is 0 Å². The number of nitrogens with one attached hydrogen (secondary N) is 1. The van der Waals surface area contributed by atoms with Crippen molar-refractivity contribution in [3.05, 3.63) is 57.1 Å². The van der Waals surface area contributed by atoms with Crippen molar-refractivity contribution in [2.75, 3.05) is 6.54 Å². The second-order valence-electron chi connectivity index (χ2n) is 6.23. The minimum Gasteiger partial charge on any atom is -0.349 e. The predicted molar refractivity (Wildman–Crippen MR) is 95.8 cm³/mol. The number of benzene rings is 1. The molecule has 0 bridgehead atoms. The first-order chi connectivity index (χ1) is 11.9. The third-order valence-electron chi connectivity index (χ3n) is 4.14. The van der Waals surface area contributed by atoms with Crippen LogP contribution in [0.1, 0.15) is 27.4 Å². The zero-order valence-electron chi connectivity index (χ0n) is 14.8. The van der Waals surface area contributed by atoms with E-state index in [-0.39, 0.29) is 11.1 Å². The topological polar surface area (TPSA) is 81.8 Å². The van der Waals surface area contributed by atoms with Gasteiger partial charge < -0.3 is 5.32 Å². The molecule has 0 spiro atoms. The molecule has 0 saturated heterocycles. The van der Waals surface area contributed by atoms with Crippen molar-refractivity contribution in [2.24, 2.45) is 7.05 Å². The minimum absolute atomic E-state index is 0.0889. The number of rotatable bonds is 4. The zero-order chi connectivity index (χ0) is 18.1. The van der Waals surface area contributed by atoms with Crippen LogP contribution in [-0.4, -0.2) is 32.0 Å². The van der Waals surface area contributed by atoms with Crippen LogP contribution in [0.5, 0.6) is 0 Å². The lowest BCUT2D eigenvalue weighted by Gasteiger charge is -2.09. The van der Waals surface area contributed by atoms with Gasteiger partial charge in [-0.15, -0.1) is 0 Å². The quantitative estimate of drug-likeness (QED) is 0.781. The summed E-state index contributed by atoms with van der Waals surface area (Å²) in [6.45, 7) is 6.71. The molecule has 0 saturated carbocycles. The highest BCUT2D eigenvalue weighted by molar-refractivity contribution is 5.95. The Bertz CT molecular complexity index is 1020. The molecule has 1 N–H and O–H groups in total. The average molecular weight is 339 g/mol. The number of hydrogen-bond acceptors (Lipinski definition) is 4. The van der Waals surface area contributed by atoms with Crippen LogP contribution in [0.25, 0.3) is 10.9 Å². The van der Waals surface area contributed by atoms with E-state index in [0.29, 0.717) is 24.0 Å². The van der Waals surface area contributed by atoms with Crippen LogP contribution in [0.2, 0.25) is 0 Å². The van der Waals surface area contributed by atoms with Crippen molar-refractivity contribution in [3.63, 3.8) is 0 Å². The van der Waals surface area contributed by atoms with E-state index in [2.05, 4.69) is 15.5 Å². The fourth-order valence-corrected chi connectivity index (χ4v) is 2.90. The Kier molecular flexibility index (Phi) is 4.39. The molecule has 0 aliphatic rings. The number of fused-ring (bicyclic) bond motifs is 1. The van der Waals surface area contributed by atoms with Crippen molar-refractivity contribution in [2.45, 2.75) is 27.3 Å². The lowest BCUT2D eigenvalue weighted by Crippen LogP contribution is -2.33. The Balaban J connectivity index is 1.81. The molecule has 0 unspecified atom stereocenters. The van der Waals surface area contributed by atoms with E-state index in [1.54, 1.807) is 17.8 Å². The Labute approximate surface area is 145 Å². The van der Waals surface area contributed by atoms with E-state index in [9.17, 15) is 9.59 Å². The number of aryl methyl sites for hydroxylation is 4. The van der Waals surface area contributed by atoms with Crippen LogP contribution in [-0.2, 0) is 13.6 Å². The third kappa shape index (κ3) is 3.31.